The number of halogens is 1. The number of nitrogens with zero attached hydrogens (tertiary/aromatic N) is 1. The lowest BCUT2D eigenvalue weighted by molar-refractivity contribution is 0.0946. The maximum atomic E-state index is 11.5. The zero-order chi connectivity index (χ0) is 12.1. The van der Waals surface area contributed by atoms with Crippen LogP contribution in [0.5, 0.6) is 0 Å². The molecule has 0 radical (unpaired) electrons. The number of nitrogens with one attached hydrogen (secondary N) is 2. The Labute approximate surface area is 98.2 Å². The highest BCUT2D eigenvalue weighted by Gasteiger charge is 2.12. The first-order chi connectivity index (χ1) is 7.50. The molecule has 16 heavy (non-hydrogen) atoms. The summed E-state index contributed by atoms with van der Waals surface area (Å²) in [7, 11) is 0. The second kappa shape index (κ2) is 5.65. The Morgan fingerprint density at radius 3 is 2.75 bits per heavy atom. The Morgan fingerprint density at radius 1 is 1.56 bits per heavy atom. The number of hydrogen-bond acceptors (Lipinski definition) is 3. The smallest absolute Gasteiger partial charge is 0.271 e. The van der Waals surface area contributed by atoms with E-state index in [9.17, 15) is 9.59 Å². The number of hydrogen-bond donors (Lipinski definition) is 2. The monoisotopic (exact) mass is 243 g/mol. The van der Waals surface area contributed by atoms with Gasteiger partial charge in [0, 0.05) is 12.6 Å². The van der Waals surface area contributed by atoms with Crippen LogP contribution in [0.4, 0.5) is 0 Å². The molecule has 0 aliphatic rings. The molecule has 1 atom stereocenters. The number of carbonyl (C=O) groups is 1. The minimum atomic E-state index is -0.345. The number of aromatic amines is 1. The van der Waals surface area contributed by atoms with Crippen LogP contribution in [0, 0.1) is 5.92 Å². The summed E-state index contributed by atoms with van der Waals surface area (Å²) in [5.74, 6) is -0.0620. The van der Waals surface area contributed by atoms with Crippen molar-refractivity contribution in [3.05, 3.63) is 28.2 Å². The number of carbonyl (C=O) groups excluding carboxylic acids is 1. The van der Waals surface area contributed by atoms with E-state index in [1.165, 1.54) is 12.1 Å². The quantitative estimate of drug-likeness (QED) is 0.767. The molecule has 2 N–H and O–H groups in total. The van der Waals surface area contributed by atoms with Gasteiger partial charge in [-0.05, 0) is 12.0 Å². The molecule has 0 aliphatic carbocycles. The van der Waals surface area contributed by atoms with Gasteiger partial charge in [0.1, 0.15) is 5.69 Å². The molecule has 0 saturated heterocycles. The van der Waals surface area contributed by atoms with Crippen molar-refractivity contribution < 1.29 is 4.79 Å². The first kappa shape index (κ1) is 12.7. The van der Waals surface area contributed by atoms with Crippen molar-refractivity contribution in [3.63, 3.8) is 0 Å². The van der Waals surface area contributed by atoms with Crippen molar-refractivity contribution in [2.24, 2.45) is 5.92 Å². The molecule has 0 aromatic carbocycles. The number of alkyl halides is 1. The standard InChI is InChI=1S/C10H14ClN3O2/c1-6(2)7(11)5-12-10(16)8-3-4-9(15)14-13-8/h3-4,6-7H,5H2,1-2H3,(H,12,16)(H,14,15). The number of aromatic nitrogens is 2. The Kier molecular flexibility index (Phi) is 4.49. The van der Waals surface area contributed by atoms with Gasteiger partial charge in [-0.3, -0.25) is 9.59 Å². The lowest BCUT2D eigenvalue weighted by Gasteiger charge is -2.13. The predicted molar refractivity (Wildman–Crippen MR) is 61.7 cm³/mol. The van der Waals surface area contributed by atoms with E-state index in [1.807, 2.05) is 13.8 Å². The molecule has 1 aromatic rings. The van der Waals surface area contributed by atoms with E-state index in [-0.39, 0.29) is 28.5 Å². The first-order valence-corrected chi connectivity index (χ1v) is 5.42. The molecule has 0 aliphatic heterocycles. The fourth-order valence-electron chi connectivity index (χ4n) is 0.987. The van der Waals surface area contributed by atoms with Crippen LogP contribution in [0.2, 0.25) is 0 Å². The highest BCUT2D eigenvalue weighted by molar-refractivity contribution is 6.21. The van der Waals surface area contributed by atoms with E-state index in [0.717, 1.165) is 0 Å². The lowest BCUT2D eigenvalue weighted by atomic mass is 10.1. The molecule has 1 unspecified atom stereocenters. The van der Waals surface area contributed by atoms with Crippen LogP contribution in [0.15, 0.2) is 16.9 Å². The minimum absolute atomic E-state index is 0.119. The molecular formula is C10H14ClN3O2. The molecule has 1 amide bonds. The largest absolute Gasteiger partial charge is 0.349 e. The van der Waals surface area contributed by atoms with Crippen molar-refractivity contribution in [1.82, 2.24) is 15.5 Å². The topological polar surface area (TPSA) is 74.8 Å². The molecule has 0 fully saturated rings. The summed E-state index contributed by atoms with van der Waals surface area (Å²) >= 11 is 5.98. The molecule has 1 rings (SSSR count). The summed E-state index contributed by atoms with van der Waals surface area (Å²) in [5.41, 5.74) is -0.166. The summed E-state index contributed by atoms with van der Waals surface area (Å²) < 4.78 is 0. The molecule has 1 aromatic heterocycles. The summed E-state index contributed by atoms with van der Waals surface area (Å²) in [6.45, 7) is 4.32. The van der Waals surface area contributed by atoms with Crippen molar-refractivity contribution >= 4 is 17.5 Å². The lowest BCUT2D eigenvalue weighted by Crippen LogP contribution is -2.33. The van der Waals surface area contributed by atoms with Crippen molar-refractivity contribution in [2.75, 3.05) is 6.54 Å². The van der Waals surface area contributed by atoms with Crippen LogP contribution < -0.4 is 10.9 Å². The molecule has 6 heteroatoms. The highest BCUT2D eigenvalue weighted by atomic mass is 35.5. The van der Waals surface area contributed by atoms with Crippen LogP contribution in [0.1, 0.15) is 24.3 Å². The van der Waals surface area contributed by atoms with Gasteiger partial charge in [0.2, 0.25) is 0 Å². The molecule has 1 heterocycles. The summed E-state index contributed by atoms with van der Waals surface area (Å²) in [5, 5.41) is 8.33. The Morgan fingerprint density at radius 2 is 2.25 bits per heavy atom. The third-order valence-electron chi connectivity index (χ3n) is 2.09. The molecular weight excluding hydrogens is 230 g/mol. The zero-order valence-electron chi connectivity index (χ0n) is 9.16. The fourth-order valence-corrected chi connectivity index (χ4v) is 1.06. The van der Waals surface area contributed by atoms with Gasteiger partial charge in [-0.15, -0.1) is 11.6 Å². The van der Waals surface area contributed by atoms with E-state index in [4.69, 9.17) is 11.6 Å². The highest BCUT2D eigenvalue weighted by Crippen LogP contribution is 2.07. The van der Waals surface area contributed by atoms with Gasteiger partial charge in [-0.2, -0.15) is 5.10 Å². The van der Waals surface area contributed by atoms with Gasteiger partial charge in [0.25, 0.3) is 11.5 Å². The Bertz CT molecular complexity index is 396. The van der Waals surface area contributed by atoms with E-state index in [0.29, 0.717) is 6.54 Å². The number of amides is 1. The molecule has 88 valence electrons. The van der Waals surface area contributed by atoms with Gasteiger partial charge >= 0.3 is 0 Å². The molecule has 0 saturated carbocycles. The minimum Gasteiger partial charge on any atom is -0.349 e. The average molecular weight is 244 g/mol. The molecule has 5 nitrogen and oxygen atoms in total. The Balaban J connectivity index is 2.53. The van der Waals surface area contributed by atoms with Crippen molar-refractivity contribution in [3.8, 4) is 0 Å². The third kappa shape index (κ3) is 3.66. The van der Waals surface area contributed by atoms with Crippen LogP contribution >= 0.6 is 11.6 Å². The van der Waals surface area contributed by atoms with Crippen molar-refractivity contribution in [2.45, 2.75) is 19.2 Å². The van der Waals surface area contributed by atoms with Crippen LogP contribution in [-0.4, -0.2) is 28.0 Å². The molecule has 0 bridgehead atoms. The second-order valence-corrected chi connectivity index (χ2v) is 4.34. The second-order valence-electron chi connectivity index (χ2n) is 3.78. The van der Waals surface area contributed by atoms with Gasteiger partial charge in [0.15, 0.2) is 0 Å². The van der Waals surface area contributed by atoms with Gasteiger partial charge in [-0.1, -0.05) is 13.8 Å². The van der Waals surface area contributed by atoms with Crippen LogP contribution in [0.25, 0.3) is 0 Å². The third-order valence-corrected chi connectivity index (χ3v) is 2.75. The van der Waals surface area contributed by atoms with E-state index in [2.05, 4.69) is 15.5 Å². The first-order valence-electron chi connectivity index (χ1n) is 4.98. The normalized spacial score (nSPS) is 12.5. The van der Waals surface area contributed by atoms with Crippen LogP contribution in [-0.2, 0) is 0 Å². The van der Waals surface area contributed by atoms with Gasteiger partial charge in [0.05, 0.1) is 5.38 Å². The SMILES string of the molecule is CC(C)C(Cl)CNC(=O)c1ccc(=O)[nH]n1. The summed E-state index contributed by atoms with van der Waals surface area (Å²) in [4.78, 5) is 22.3. The average Bonchev–Trinajstić information content (AvgIpc) is 2.26. The summed E-state index contributed by atoms with van der Waals surface area (Å²) in [6, 6.07) is 2.62. The Hall–Kier alpha value is -1.36. The predicted octanol–water partition coefficient (Wildman–Crippen LogP) is 0.763. The number of H-pyrrole nitrogens is 1. The zero-order valence-corrected chi connectivity index (χ0v) is 9.91. The van der Waals surface area contributed by atoms with Gasteiger partial charge < -0.3 is 5.32 Å². The molecule has 0 spiro atoms. The maximum absolute atomic E-state index is 11.5. The summed E-state index contributed by atoms with van der Waals surface area (Å²) in [6.07, 6.45) is 0. The van der Waals surface area contributed by atoms with Gasteiger partial charge in [-0.25, -0.2) is 5.10 Å². The fraction of sp³-hybridized carbons (Fsp3) is 0.500. The number of rotatable bonds is 4. The maximum Gasteiger partial charge on any atom is 0.271 e. The van der Waals surface area contributed by atoms with Crippen LogP contribution in [0.3, 0.4) is 0 Å². The van der Waals surface area contributed by atoms with E-state index < -0.39 is 0 Å². The van der Waals surface area contributed by atoms with Crippen molar-refractivity contribution in [1.29, 1.82) is 0 Å². The van der Waals surface area contributed by atoms with E-state index >= 15 is 0 Å². The van der Waals surface area contributed by atoms with E-state index in [1.54, 1.807) is 0 Å².